The third-order valence-corrected chi connectivity index (χ3v) is 30.6. The number of nitrogens with two attached hydrogens (primary N) is 1. The summed E-state index contributed by atoms with van der Waals surface area (Å²) < 4.78 is 153. The molecule has 38 heteroatoms. The van der Waals surface area contributed by atoms with Crippen LogP contribution in [0.3, 0.4) is 0 Å². The van der Waals surface area contributed by atoms with E-state index in [4.69, 9.17) is 94.6 Å². The number of halogens is 13. The number of fused-ring (bicyclic) bond motifs is 6. The van der Waals surface area contributed by atoms with E-state index in [1.54, 1.807) is 70.7 Å². The zero-order valence-electron chi connectivity index (χ0n) is 72.1. The Kier molecular flexibility index (Phi) is 34.2. The lowest BCUT2D eigenvalue weighted by Gasteiger charge is -2.45. The topological polar surface area (TPSA) is 302 Å². The number of carbonyl (C=O) groups is 3. The van der Waals surface area contributed by atoms with Gasteiger partial charge in [-0.2, -0.15) is 0 Å². The minimum atomic E-state index is -4.49. The normalized spacial score (nSPS) is 20.0. The number of aryl methyl sites for hydroxylation is 2. The van der Waals surface area contributed by atoms with Crippen molar-refractivity contribution in [2.75, 3.05) is 39.3 Å². The van der Waals surface area contributed by atoms with Gasteiger partial charge in [0.2, 0.25) is 20.0 Å². The lowest BCUT2D eigenvalue weighted by molar-refractivity contribution is 0.0604. The molecular weight excluding hydrogens is 1870 g/mol. The average Bonchev–Trinajstić information content (AvgIpc) is 1.72. The standard InChI is InChI=1S/C39H46ClF2N5O3S.C28H35FN4.C11H12Cl2FNO4S.C7H2Cl3FO4S.C4H11N.2ClH/c1-25-43-34-10-5-6-11-35(34)47(25)30-21-28-12-13-29(22-30)46(28)19-16-39(26-8-7-9-27(41)20-26)14-17-45(18-15-39)37(48)31-23-36(33(42)24-32(31)40)51(49,50)44-38(2,3)4;1-20-31-26-7-2-3-8-27(26)33(20)25-18-23-9-10-24(19-25)32(23)16-13-28(11-14-30-15-12-28)21-5-4-6-22(29)17-21;1-11(2,3)15-20(18,19)9-6(14)4-5(12)7(8(9)13)10(16)17;8-2-1-3(11)6(16(10,14)15)5(9)4(2)7(12)13;1-4(2,3)5;;/h5-11,20,23-24,28-30,44H,12-19,21-22H2,1-4H3;2-8,17,23-25,30H,9-16,18-19H2,1H3;4,15H,1-3H3,(H,16,17);1H,(H,12,13);5H2,1-3H3;2*1H. The SMILES string of the molecule is CC(C)(C)N.CC(C)(C)NS(=O)(=O)c1c(F)cc(Cl)c(C(=O)O)c1Cl.Cc1nc2ccccc2n1C1CC2CCC(C1)N2CCC1(c2cccc(F)c2)CCN(C(=O)c2cc(S(=O)(=O)NC(C)(C)C)c(F)cc2Cl)CC1.Cc1nc2ccccc2n1C1CC2CCC(C1)N2CCC1(c2cccc(F)c2)CCNCC1.Cl.Cl.O=C(O)c1c(Cl)cc(F)c(S(=O)(=O)Cl)c1Cl. The summed E-state index contributed by atoms with van der Waals surface area (Å²) in [6.07, 6.45) is 14.8. The van der Waals surface area contributed by atoms with E-state index in [1.165, 1.54) is 48.3 Å². The molecule has 0 spiro atoms. The molecule has 4 atom stereocenters. The summed E-state index contributed by atoms with van der Waals surface area (Å²) >= 11 is 28.5. The predicted molar refractivity (Wildman–Crippen MR) is 495 cm³/mol. The van der Waals surface area contributed by atoms with E-state index in [0.29, 0.717) is 74.3 Å². The number of nitrogens with one attached hydrogen (secondary N) is 3. The zero-order valence-corrected chi connectivity index (χ0v) is 80.7. The molecule has 0 radical (unpaired) electrons. The van der Waals surface area contributed by atoms with Crippen molar-refractivity contribution >= 4 is 163 Å². The minimum absolute atomic E-state index is 0. The van der Waals surface area contributed by atoms with Crippen LogP contribution in [0.5, 0.6) is 0 Å². The molecule has 4 unspecified atom stereocenters. The van der Waals surface area contributed by atoms with E-state index in [9.17, 15) is 61.6 Å². The molecule has 127 heavy (non-hydrogen) atoms. The van der Waals surface area contributed by atoms with Gasteiger partial charge >= 0.3 is 11.9 Å². The number of benzene rings is 7. The highest BCUT2D eigenvalue weighted by molar-refractivity contribution is 8.13. The number of carboxylic acids is 2. The number of aromatic carboxylic acids is 2. The Morgan fingerprint density at radius 2 is 0.882 bits per heavy atom. The van der Waals surface area contributed by atoms with E-state index in [-0.39, 0.29) is 63.4 Å². The third-order valence-electron chi connectivity index (χ3n) is 23.8. The highest BCUT2D eigenvalue weighted by Crippen LogP contribution is 2.49. The van der Waals surface area contributed by atoms with E-state index >= 15 is 0 Å². The molecule has 15 rings (SSSR count). The number of sulfonamides is 2. The number of para-hydroxylation sites is 4. The summed E-state index contributed by atoms with van der Waals surface area (Å²) in [4.78, 5) is 49.7. The number of imidazole rings is 2. The minimum Gasteiger partial charge on any atom is -0.478 e. The first kappa shape index (κ1) is 104. The monoisotopic (exact) mass is 1980 g/mol. The van der Waals surface area contributed by atoms with E-state index in [2.05, 4.69) is 96.1 Å². The van der Waals surface area contributed by atoms with Gasteiger partial charge in [-0.1, -0.05) is 107 Å². The van der Waals surface area contributed by atoms with Crippen LogP contribution in [0.2, 0.25) is 25.1 Å². The summed E-state index contributed by atoms with van der Waals surface area (Å²) in [7, 11) is -8.18. The zero-order chi connectivity index (χ0) is 91.8. The van der Waals surface area contributed by atoms with E-state index < -0.39 is 121 Å². The molecular formula is C89H108Cl8F5N11O11S3. The molecule has 0 aliphatic carbocycles. The summed E-state index contributed by atoms with van der Waals surface area (Å²) in [5.74, 6) is -5.33. The Hall–Kier alpha value is -6.53. The van der Waals surface area contributed by atoms with Crippen LogP contribution in [0.15, 0.2) is 136 Å². The predicted octanol–water partition coefficient (Wildman–Crippen LogP) is 20.4. The Bertz CT molecular complexity index is 5850. The van der Waals surface area contributed by atoms with Crippen LogP contribution in [0.25, 0.3) is 22.1 Å². The quantitative estimate of drug-likeness (QED) is 0.0343. The van der Waals surface area contributed by atoms with Crippen LogP contribution in [0, 0.1) is 42.9 Å². The molecule has 2 aromatic heterocycles. The van der Waals surface area contributed by atoms with Crippen LogP contribution in [0.4, 0.5) is 22.0 Å². The fourth-order valence-corrected chi connectivity index (χ4v) is 24.9. The van der Waals surface area contributed by atoms with Gasteiger partial charge in [-0.15, -0.1) is 24.8 Å². The summed E-state index contributed by atoms with van der Waals surface area (Å²) in [6, 6.07) is 37.4. The lowest BCUT2D eigenvalue weighted by atomic mass is 9.70. The number of rotatable bonds is 18. The number of nitrogens with zero attached hydrogens (tertiary/aromatic N) is 7. The van der Waals surface area contributed by atoms with Crippen molar-refractivity contribution in [3.63, 3.8) is 0 Å². The summed E-state index contributed by atoms with van der Waals surface area (Å²) in [5, 5.41) is 18.4. The van der Waals surface area contributed by atoms with Crippen molar-refractivity contribution in [3.8, 4) is 0 Å². The Labute approximate surface area is 781 Å². The molecule has 694 valence electrons. The molecule has 0 saturated carbocycles. The fraction of sp³-hybridized carbons (Fsp3) is 0.472. The van der Waals surface area contributed by atoms with Crippen LogP contribution in [0.1, 0.15) is 218 Å². The van der Waals surface area contributed by atoms with Gasteiger partial charge in [0.05, 0.1) is 63.9 Å². The van der Waals surface area contributed by atoms with Crippen molar-refractivity contribution in [1.29, 1.82) is 0 Å². The number of carbonyl (C=O) groups excluding carboxylic acids is 1. The second-order valence-corrected chi connectivity index (χ2v) is 44.0. The molecule has 7 N–H and O–H groups in total. The maximum atomic E-state index is 14.9. The molecule has 6 aliphatic rings. The number of hydrogen-bond acceptors (Lipinski definition) is 15. The molecule has 22 nitrogen and oxygen atoms in total. The third kappa shape index (κ3) is 24.9. The molecule has 4 bridgehead atoms. The second kappa shape index (κ2) is 41.7. The molecule has 6 saturated heterocycles. The van der Waals surface area contributed by atoms with Crippen LogP contribution in [-0.2, 0) is 39.9 Å². The number of hydrogen-bond donors (Lipinski definition) is 6. The average molecular weight is 1980 g/mol. The molecule has 9 aromatic rings. The van der Waals surface area contributed by atoms with E-state index in [0.717, 1.165) is 118 Å². The van der Waals surface area contributed by atoms with Gasteiger partial charge in [-0.3, -0.25) is 14.6 Å². The fourth-order valence-electron chi connectivity index (χ4n) is 18.6. The van der Waals surface area contributed by atoms with Gasteiger partial charge in [0.1, 0.15) is 55.4 Å². The van der Waals surface area contributed by atoms with Gasteiger partial charge < -0.3 is 35.3 Å². The van der Waals surface area contributed by atoms with Gasteiger partial charge in [0.25, 0.3) is 15.0 Å². The Morgan fingerprint density at radius 1 is 0.512 bits per heavy atom. The molecule has 6 fully saturated rings. The first-order valence-electron chi connectivity index (χ1n) is 41.3. The van der Waals surface area contributed by atoms with Crippen LogP contribution < -0.4 is 20.5 Å². The lowest BCUT2D eigenvalue weighted by Crippen LogP contribution is -2.49. The number of carboxylic acid groups (broad SMARTS) is 2. The van der Waals surface area contributed by atoms with Crippen molar-refractivity contribution in [2.24, 2.45) is 5.73 Å². The Morgan fingerprint density at radius 3 is 1.27 bits per heavy atom. The number of likely N-dealkylation sites (tertiary alicyclic amines) is 1. The first-order chi connectivity index (χ1) is 58.3. The van der Waals surface area contributed by atoms with Gasteiger partial charge in [-0.05, 0) is 287 Å². The first-order valence-corrected chi connectivity index (χ1v) is 48.5. The second-order valence-electron chi connectivity index (χ2n) is 36.3. The van der Waals surface area contributed by atoms with Crippen molar-refractivity contribution < 1.29 is 71.8 Å². The smallest absolute Gasteiger partial charge is 0.338 e. The van der Waals surface area contributed by atoms with Crippen LogP contribution in [-0.4, -0.2) is 167 Å². The highest BCUT2D eigenvalue weighted by Gasteiger charge is 2.47. The maximum absolute atomic E-state index is 14.9. The molecule has 7 aromatic carbocycles. The highest BCUT2D eigenvalue weighted by atomic mass is 35.7. The van der Waals surface area contributed by atoms with Crippen molar-refractivity contribution in [2.45, 2.75) is 244 Å². The van der Waals surface area contributed by atoms with Gasteiger partial charge in [0.15, 0.2) is 0 Å². The molecule has 1 amide bonds. The van der Waals surface area contributed by atoms with E-state index in [1.807, 2.05) is 39.0 Å². The number of piperidine rings is 4. The Balaban J connectivity index is 0.000000205. The van der Waals surface area contributed by atoms with Gasteiger partial charge in [0, 0.05) is 76.6 Å². The summed E-state index contributed by atoms with van der Waals surface area (Å²) in [5.41, 5.74) is 8.67. The van der Waals surface area contributed by atoms with Crippen LogP contribution >= 0.6 is 93.5 Å². The number of aromatic nitrogens is 4. The van der Waals surface area contributed by atoms with Crippen molar-refractivity contribution in [3.05, 3.63) is 215 Å². The molecule has 8 heterocycles. The maximum Gasteiger partial charge on any atom is 0.338 e. The largest absolute Gasteiger partial charge is 0.478 e. The number of amides is 1. The molecule has 6 aliphatic heterocycles. The summed E-state index contributed by atoms with van der Waals surface area (Å²) in [6.45, 7) is 24.5. The van der Waals surface area contributed by atoms with Gasteiger partial charge in [-0.25, -0.2) is 76.2 Å². The van der Waals surface area contributed by atoms with Crippen molar-refractivity contribution in [1.82, 2.24) is 48.6 Å².